The number of fused-ring (bicyclic) bond motifs is 1. The molecule has 2 heteroatoms. The van der Waals surface area contributed by atoms with Crippen molar-refractivity contribution in [2.45, 2.75) is 45.8 Å². The minimum absolute atomic E-state index is 0.0403. The van der Waals surface area contributed by atoms with E-state index in [-0.39, 0.29) is 6.29 Å². The van der Waals surface area contributed by atoms with Crippen molar-refractivity contribution in [3.05, 3.63) is 12.2 Å². The Hall–Kier alpha value is -0.340. The highest BCUT2D eigenvalue weighted by atomic mass is 16.7. The van der Waals surface area contributed by atoms with Crippen molar-refractivity contribution in [3.63, 3.8) is 0 Å². The van der Waals surface area contributed by atoms with E-state index in [2.05, 4.69) is 26.0 Å². The predicted octanol–water partition coefficient (Wildman–Crippen LogP) is 3.38. The van der Waals surface area contributed by atoms with Gasteiger partial charge >= 0.3 is 0 Å². The predicted molar refractivity (Wildman–Crippen MR) is 67.6 cm³/mol. The van der Waals surface area contributed by atoms with Crippen molar-refractivity contribution < 1.29 is 9.47 Å². The van der Waals surface area contributed by atoms with Crippen LogP contribution in [0.25, 0.3) is 0 Å². The average molecular weight is 236 g/mol. The highest BCUT2D eigenvalue weighted by molar-refractivity contribution is 5.11. The van der Waals surface area contributed by atoms with E-state index in [4.69, 9.17) is 9.47 Å². The summed E-state index contributed by atoms with van der Waals surface area (Å²) in [6, 6.07) is 0. The molecule has 0 amide bonds. The fourth-order valence-corrected chi connectivity index (χ4v) is 4.06. The fraction of sp³-hybridized carbons (Fsp3) is 0.867. The lowest BCUT2D eigenvalue weighted by atomic mass is 9.90. The Balaban J connectivity index is 1.54. The summed E-state index contributed by atoms with van der Waals surface area (Å²) < 4.78 is 11.4. The third kappa shape index (κ3) is 2.06. The van der Waals surface area contributed by atoms with Crippen LogP contribution in [0, 0.1) is 23.2 Å². The first-order chi connectivity index (χ1) is 8.22. The second kappa shape index (κ2) is 4.40. The average Bonchev–Trinajstić information content (AvgIpc) is 3.00. The van der Waals surface area contributed by atoms with E-state index in [1.54, 1.807) is 0 Å². The summed E-state index contributed by atoms with van der Waals surface area (Å²) >= 11 is 0. The molecular weight excluding hydrogens is 212 g/mol. The van der Waals surface area contributed by atoms with Crippen molar-refractivity contribution in [2.24, 2.45) is 23.2 Å². The number of ether oxygens (including phenoxy) is 2. The Morgan fingerprint density at radius 2 is 1.94 bits per heavy atom. The van der Waals surface area contributed by atoms with Crippen LogP contribution in [0.4, 0.5) is 0 Å². The van der Waals surface area contributed by atoms with Crippen LogP contribution in [0.15, 0.2) is 12.2 Å². The quantitative estimate of drug-likeness (QED) is 0.699. The molecule has 0 aromatic heterocycles. The maximum atomic E-state index is 5.72. The summed E-state index contributed by atoms with van der Waals surface area (Å²) in [5.41, 5.74) is 0.702. The second-order valence-electron chi connectivity index (χ2n) is 6.30. The van der Waals surface area contributed by atoms with Gasteiger partial charge in [0.2, 0.25) is 0 Å². The van der Waals surface area contributed by atoms with Crippen LogP contribution >= 0.6 is 0 Å². The van der Waals surface area contributed by atoms with E-state index in [0.717, 1.165) is 37.4 Å². The van der Waals surface area contributed by atoms with Gasteiger partial charge in [-0.1, -0.05) is 26.0 Å². The van der Waals surface area contributed by atoms with Crippen LogP contribution in [0.2, 0.25) is 0 Å². The minimum Gasteiger partial charge on any atom is -0.349 e. The first-order valence-corrected chi connectivity index (χ1v) is 7.10. The molecule has 1 heterocycles. The topological polar surface area (TPSA) is 18.5 Å². The molecule has 3 atom stereocenters. The summed E-state index contributed by atoms with van der Waals surface area (Å²) in [6.07, 6.45) is 9.55. The van der Waals surface area contributed by atoms with Gasteiger partial charge in [-0.3, -0.25) is 0 Å². The number of hydrogen-bond acceptors (Lipinski definition) is 2. The Morgan fingerprint density at radius 3 is 2.47 bits per heavy atom. The third-order valence-electron chi connectivity index (χ3n) is 5.30. The van der Waals surface area contributed by atoms with Crippen molar-refractivity contribution >= 4 is 0 Å². The molecule has 0 N–H and O–H groups in total. The molecule has 1 aliphatic heterocycles. The molecule has 2 saturated carbocycles. The summed E-state index contributed by atoms with van der Waals surface area (Å²) in [7, 11) is 0. The number of hydrogen-bond donors (Lipinski definition) is 0. The molecule has 0 spiro atoms. The van der Waals surface area contributed by atoms with E-state index < -0.39 is 0 Å². The van der Waals surface area contributed by atoms with Gasteiger partial charge in [-0.25, -0.2) is 0 Å². The molecule has 0 saturated heterocycles. The summed E-state index contributed by atoms with van der Waals surface area (Å²) in [6.45, 7) is 6.23. The zero-order chi connectivity index (χ0) is 11.9. The molecule has 2 aliphatic carbocycles. The van der Waals surface area contributed by atoms with Crippen molar-refractivity contribution in [3.8, 4) is 0 Å². The van der Waals surface area contributed by atoms with Crippen LogP contribution in [-0.4, -0.2) is 19.5 Å². The first kappa shape index (κ1) is 11.7. The summed E-state index contributed by atoms with van der Waals surface area (Å²) in [5.74, 6) is 2.67. The van der Waals surface area contributed by atoms with Crippen molar-refractivity contribution in [1.82, 2.24) is 0 Å². The molecular formula is C15H24O2. The zero-order valence-corrected chi connectivity index (χ0v) is 11.0. The number of rotatable bonds is 3. The zero-order valence-electron chi connectivity index (χ0n) is 11.0. The molecule has 2 fully saturated rings. The Bertz CT molecular complexity index is 300. The smallest absolute Gasteiger partial charge is 0.158 e. The van der Waals surface area contributed by atoms with Crippen LogP contribution in [0.5, 0.6) is 0 Å². The molecule has 96 valence electrons. The van der Waals surface area contributed by atoms with Crippen LogP contribution in [-0.2, 0) is 9.47 Å². The molecule has 2 nitrogen and oxygen atoms in total. The third-order valence-corrected chi connectivity index (χ3v) is 5.30. The highest BCUT2D eigenvalue weighted by Crippen LogP contribution is 2.70. The molecule has 0 aromatic carbocycles. The van der Waals surface area contributed by atoms with Crippen LogP contribution in [0.1, 0.15) is 39.5 Å². The van der Waals surface area contributed by atoms with E-state index in [9.17, 15) is 0 Å². The molecule has 17 heavy (non-hydrogen) atoms. The van der Waals surface area contributed by atoms with Crippen molar-refractivity contribution in [1.29, 1.82) is 0 Å². The minimum atomic E-state index is 0.0403. The summed E-state index contributed by atoms with van der Waals surface area (Å²) in [5, 5.41) is 0. The monoisotopic (exact) mass is 236 g/mol. The maximum absolute atomic E-state index is 5.72. The van der Waals surface area contributed by atoms with E-state index in [1.807, 2.05) is 0 Å². The Kier molecular flexibility index (Phi) is 3.04. The standard InChI is InChI=1S/C15H24O2/c1-11(2)15-6-5-12(13(15)10-15)9-14-16-7-3-4-8-17-14/h3-4,11-14H,5-10H2,1-2H3. The maximum Gasteiger partial charge on any atom is 0.158 e. The molecule has 0 radical (unpaired) electrons. The first-order valence-electron chi connectivity index (χ1n) is 7.10. The summed E-state index contributed by atoms with van der Waals surface area (Å²) in [4.78, 5) is 0. The van der Waals surface area contributed by atoms with Gasteiger partial charge in [-0.15, -0.1) is 0 Å². The van der Waals surface area contributed by atoms with Gasteiger partial charge in [-0.05, 0) is 42.4 Å². The largest absolute Gasteiger partial charge is 0.349 e. The highest BCUT2D eigenvalue weighted by Gasteiger charge is 2.62. The molecule has 0 aromatic rings. The van der Waals surface area contributed by atoms with Gasteiger partial charge in [0.15, 0.2) is 6.29 Å². The SMILES string of the molecule is CC(C)C12CCC(CC3OCC=CCO3)C1C2. The van der Waals surface area contributed by atoms with E-state index in [0.29, 0.717) is 5.41 Å². The van der Waals surface area contributed by atoms with Gasteiger partial charge < -0.3 is 9.47 Å². The molecule has 3 unspecified atom stereocenters. The van der Waals surface area contributed by atoms with Crippen LogP contribution in [0.3, 0.4) is 0 Å². The second-order valence-corrected chi connectivity index (χ2v) is 6.30. The van der Waals surface area contributed by atoms with Gasteiger partial charge in [0.1, 0.15) is 0 Å². The molecule has 0 bridgehead atoms. The van der Waals surface area contributed by atoms with Crippen LogP contribution < -0.4 is 0 Å². The lowest BCUT2D eigenvalue weighted by Gasteiger charge is -2.20. The normalized spacial score (nSPS) is 41.6. The Morgan fingerprint density at radius 1 is 1.24 bits per heavy atom. The van der Waals surface area contributed by atoms with Gasteiger partial charge in [-0.2, -0.15) is 0 Å². The van der Waals surface area contributed by atoms with E-state index in [1.165, 1.54) is 19.3 Å². The Labute approximate surface area is 104 Å². The van der Waals surface area contributed by atoms with Gasteiger partial charge in [0.25, 0.3) is 0 Å². The lowest BCUT2D eigenvalue weighted by molar-refractivity contribution is -0.133. The molecule has 3 aliphatic rings. The fourth-order valence-electron chi connectivity index (χ4n) is 4.06. The lowest BCUT2D eigenvalue weighted by Crippen LogP contribution is -2.20. The van der Waals surface area contributed by atoms with Crippen molar-refractivity contribution in [2.75, 3.05) is 13.2 Å². The van der Waals surface area contributed by atoms with Gasteiger partial charge in [0, 0.05) is 6.42 Å². The molecule has 3 rings (SSSR count). The van der Waals surface area contributed by atoms with Gasteiger partial charge in [0.05, 0.1) is 13.2 Å². The van der Waals surface area contributed by atoms with E-state index >= 15 is 0 Å².